The summed E-state index contributed by atoms with van der Waals surface area (Å²) in [5.74, 6) is -0.882. The van der Waals surface area contributed by atoms with E-state index in [1.54, 1.807) is 0 Å². The van der Waals surface area contributed by atoms with E-state index < -0.39 is 5.97 Å². The lowest BCUT2D eigenvalue weighted by Gasteiger charge is -2.01. The fourth-order valence-electron chi connectivity index (χ4n) is 1.25. The Bertz CT molecular complexity index is 537. The molecule has 0 radical (unpaired) electrons. The van der Waals surface area contributed by atoms with Gasteiger partial charge in [-0.2, -0.15) is 9.97 Å². The number of fused-ring (bicyclic) bond motifs is 1. The summed E-state index contributed by atoms with van der Waals surface area (Å²) < 4.78 is 1.35. The van der Waals surface area contributed by atoms with Gasteiger partial charge >= 0.3 is 5.97 Å². The summed E-state index contributed by atoms with van der Waals surface area (Å²) in [5, 5.41) is 8.62. The maximum absolute atomic E-state index is 10.5. The van der Waals surface area contributed by atoms with E-state index in [-0.39, 0.29) is 23.3 Å². The number of aromatic nitrogens is 4. The number of nitrogens with zero attached hydrogens (tertiary/aromatic N) is 4. The highest BCUT2D eigenvalue weighted by atomic mass is 35.5. The van der Waals surface area contributed by atoms with Gasteiger partial charge in [0, 0.05) is 0 Å². The van der Waals surface area contributed by atoms with Crippen molar-refractivity contribution in [1.82, 2.24) is 19.5 Å². The van der Waals surface area contributed by atoms with Gasteiger partial charge in [-0.25, -0.2) is 4.98 Å². The van der Waals surface area contributed by atoms with Crippen molar-refractivity contribution in [2.24, 2.45) is 0 Å². The summed E-state index contributed by atoms with van der Waals surface area (Å²) in [5.41, 5.74) is 6.25. The first-order chi connectivity index (χ1) is 7.08. The Morgan fingerprint density at radius 2 is 2.33 bits per heavy atom. The lowest BCUT2D eigenvalue weighted by atomic mass is 10.5. The molecule has 15 heavy (non-hydrogen) atoms. The van der Waals surface area contributed by atoms with Gasteiger partial charge in [0.15, 0.2) is 11.5 Å². The van der Waals surface area contributed by atoms with E-state index in [4.69, 9.17) is 22.4 Å². The molecule has 0 saturated carbocycles. The molecule has 0 aliphatic heterocycles. The molecule has 2 heterocycles. The molecule has 8 heteroatoms. The van der Waals surface area contributed by atoms with Gasteiger partial charge < -0.3 is 15.4 Å². The number of hydrogen-bond acceptors (Lipinski definition) is 5. The molecular weight excluding hydrogens is 222 g/mol. The monoisotopic (exact) mass is 227 g/mol. The maximum atomic E-state index is 10.5. The molecule has 0 atom stereocenters. The average molecular weight is 228 g/mol. The van der Waals surface area contributed by atoms with Crippen LogP contribution < -0.4 is 5.73 Å². The molecule has 0 amide bonds. The summed E-state index contributed by atoms with van der Waals surface area (Å²) in [6.45, 7) is -0.244. The Morgan fingerprint density at radius 3 is 3.00 bits per heavy atom. The summed E-state index contributed by atoms with van der Waals surface area (Å²) in [4.78, 5) is 21.9. The van der Waals surface area contributed by atoms with Crippen LogP contribution in [0.5, 0.6) is 0 Å². The summed E-state index contributed by atoms with van der Waals surface area (Å²) in [6, 6.07) is 0. The lowest BCUT2D eigenvalue weighted by molar-refractivity contribution is -0.137. The van der Waals surface area contributed by atoms with Crippen LogP contribution in [0.3, 0.4) is 0 Å². The first-order valence-corrected chi connectivity index (χ1v) is 4.31. The van der Waals surface area contributed by atoms with Crippen LogP contribution >= 0.6 is 11.6 Å². The van der Waals surface area contributed by atoms with Crippen LogP contribution in [-0.4, -0.2) is 30.6 Å². The third-order valence-electron chi connectivity index (χ3n) is 1.78. The highest BCUT2D eigenvalue weighted by molar-refractivity contribution is 6.28. The van der Waals surface area contributed by atoms with Gasteiger partial charge in [0.2, 0.25) is 5.28 Å². The van der Waals surface area contributed by atoms with Gasteiger partial charge in [0.25, 0.3) is 0 Å². The molecule has 78 valence electrons. The van der Waals surface area contributed by atoms with E-state index in [1.807, 2.05) is 0 Å². The Hall–Kier alpha value is -1.89. The molecule has 0 unspecified atom stereocenters. The fraction of sp³-hybridized carbons (Fsp3) is 0.143. The lowest BCUT2D eigenvalue weighted by Crippen LogP contribution is -2.09. The molecule has 2 aromatic heterocycles. The van der Waals surface area contributed by atoms with Gasteiger partial charge in [0.1, 0.15) is 12.1 Å². The molecule has 3 N–H and O–H groups in total. The molecule has 0 aliphatic rings. The number of hydrogen-bond donors (Lipinski definition) is 2. The van der Waals surface area contributed by atoms with Crippen LogP contribution in [0, 0.1) is 0 Å². The van der Waals surface area contributed by atoms with Crippen LogP contribution in [-0.2, 0) is 11.3 Å². The third-order valence-corrected chi connectivity index (χ3v) is 1.95. The number of carboxylic acids is 1. The second-order valence-corrected chi connectivity index (χ2v) is 3.15. The highest BCUT2D eigenvalue weighted by Gasteiger charge is 2.12. The topological polar surface area (TPSA) is 107 Å². The number of imidazole rings is 1. The number of nitrogens with two attached hydrogens (primary N) is 1. The van der Waals surface area contributed by atoms with Crippen LogP contribution in [0.2, 0.25) is 5.28 Å². The quantitative estimate of drug-likeness (QED) is 0.707. The third kappa shape index (κ3) is 1.68. The molecule has 0 fully saturated rings. The molecular formula is C7H6ClN5O2. The number of rotatable bonds is 2. The molecule has 0 spiro atoms. The molecule has 0 saturated heterocycles. The Labute approximate surface area is 88.5 Å². The zero-order valence-electron chi connectivity index (χ0n) is 7.38. The zero-order valence-corrected chi connectivity index (χ0v) is 8.14. The highest BCUT2D eigenvalue weighted by Crippen LogP contribution is 2.18. The van der Waals surface area contributed by atoms with Crippen molar-refractivity contribution in [2.75, 3.05) is 5.73 Å². The summed E-state index contributed by atoms with van der Waals surface area (Å²) >= 11 is 5.57. The molecule has 0 aromatic carbocycles. The second-order valence-electron chi connectivity index (χ2n) is 2.82. The smallest absolute Gasteiger partial charge is 0.323 e. The van der Waals surface area contributed by atoms with E-state index in [2.05, 4.69) is 15.0 Å². The molecule has 2 rings (SSSR count). The number of nitrogen functional groups attached to an aromatic ring is 1. The van der Waals surface area contributed by atoms with Gasteiger partial charge in [-0.3, -0.25) is 4.79 Å². The Morgan fingerprint density at radius 1 is 1.60 bits per heavy atom. The number of anilines is 1. The Kier molecular flexibility index (Phi) is 2.16. The SMILES string of the molecule is Nc1nc(Cl)nc2ncn(CC(=O)O)c12. The van der Waals surface area contributed by atoms with Crippen molar-refractivity contribution in [3.63, 3.8) is 0 Å². The zero-order chi connectivity index (χ0) is 11.0. The minimum atomic E-state index is -0.997. The van der Waals surface area contributed by atoms with E-state index >= 15 is 0 Å². The fourth-order valence-corrected chi connectivity index (χ4v) is 1.42. The number of carboxylic acid groups (broad SMARTS) is 1. The van der Waals surface area contributed by atoms with Gasteiger partial charge in [-0.05, 0) is 11.6 Å². The van der Waals surface area contributed by atoms with Gasteiger partial charge in [0.05, 0.1) is 6.33 Å². The normalized spacial score (nSPS) is 10.7. The van der Waals surface area contributed by atoms with E-state index in [9.17, 15) is 4.79 Å². The number of carbonyl (C=O) groups is 1. The number of aliphatic carboxylic acids is 1. The van der Waals surface area contributed by atoms with E-state index in [0.717, 1.165) is 0 Å². The van der Waals surface area contributed by atoms with Crippen LogP contribution in [0.4, 0.5) is 5.82 Å². The predicted octanol–water partition coefficient (Wildman–Crippen LogP) is 0.146. The first kappa shape index (κ1) is 9.66. The van der Waals surface area contributed by atoms with Gasteiger partial charge in [-0.15, -0.1) is 0 Å². The predicted molar refractivity (Wildman–Crippen MR) is 52.4 cm³/mol. The largest absolute Gasteiger partial charge is 0.480 e. The van der Waals surface area contributed by atoms with Crippen molar-refractivity contribution in [3.8, 4) is 0 Å². The average Bonchev–Trinajstić information content (AvgIpc) is 2.46. The van der Waals surface area contributed by atoms with Crippen molar-refractivity contribution in [3.05, 3.63) is 11.6 Å². The van der Waals surface area contributed by atoms with Crippen molar-refractivity contribution < 1.29 is 9.90 Å². The van der Waals surface area contributed by atoms with Crippen molar-refractivity contribution in [2.45, 2.75) is 6.54 Å². The summed E-state index contributed by atoms with van der Waals surface area (Å²) in [7, 11) is 0. The van der Waals surface area contributed by atoms with Crippen molar-refractivity contribution in [1.29, 1.82) is 0 Å². The van der Waals surface area contributed by atoms with Crippen LogP contribution in [0.15, 0.2) is 6.33 Å². The molecule has 2 aromatic rings. The first-order valence-electron chi connectivity index (χ1n) is 3.93. The standard InChI is InChI=1S/C7H6ClN5O2/c8-7-11-5(9)4-6(12-7)10-2-13(4)1-3(14)15/h2H,1H2,(H,14,15)(H2,9,11,12). The maximum Gasteiger partial charge on any atom is 0.323 e. The van der Waals surface area contributed by atoms with E-state index in [0.29, 0.717) is 5.52 Å². The van der Waals surface area contributed by atoms with Gasteiger partial charge in [-0.1, -0.05) is 0 Å². The van der Waals surface area contributed by atoms with Crippen LogP contribution in [0.25, 0.3) is 11.2 Å². The molecule has 0 bridgehead atoms. The molecule has 7 nitrogen and oxygen atoms in total. The summed E-state index contributed by atoms with van der Waals surface area (Å²) in [6.07, 6.45) is 1.33. The van der Waals surface area contributed by atoms with Crippen molar-refractivity contribution >= 4 is 34.6 Å². The number of halogens is 1. The second kappa shape index (κ2) is 3.35. The molecule has 0 aliphatic carbocycles. The van der Waals surface area contributed by atoms with E-state index in [1.165, 1.54) is 10.9 Å². The van der Waals surface area contributed by atoms with Crippen LogP contribution in [0.1, 0.15) is 0 Å². The minimum absolute atomic E-state index is 0.0134. The Balaban J connectivity index is 2.63. The minimum Gasteiger partial charge on any atom is -0.480 e.